The zero-order valence-electron chi connectivity index (χ0n) is 10.6. The fraction of sp³-hybridized carbons (Fsp3) is 0.0769. The molecule has 21 heavy (non-hydrogen) atoms. The maximum atomic E-state index is 6.05. The van der Waals surface area contributed by atoms with E-state index >= 15 is 0 Å². The Morgan fingerprint density at radius 2 is 2.10 bits per heavy atom. The van der Waals surface area contributed by atoms with E-state index in [1.165, 1.54) is 11.3 Å². The van der Waals surface area contributed by atoms with Gasteiger partial charge in [-0.05, 0) is 29.6 Å². The van der Waals surface area contributed by atoms with Crippen molar-refractivity contribution in [2.75, 3.05) is 5.43 Å². The normalized spacial score (nSPS) is 10.8. The number of nitrogens with zero attached hydrogens (tertiary/aromatic N) is 2. The number of rotatable bonds is 4. The molecule has 0 saturated heterocycles. The van der Waals surface area contributed by atoms with Crippen LogP contribution >= 0.6 is 34.5 Å². The highest BCUT2D eigenvalue weighted by Crippen LogP contribution is 2.29. The van der Waals surface area contributed by atoms with Crippen LogP contribution in [-0.2, 0) is 6.61 Å². The van der Waals surface area contributed by atoms with Gasteiger partial charge >= 0.3 is 0 Å². The molecule has 0 radical (unpaired) electrons. The molecule has 3 aromatic rings. The van der Waals surface area contributed by atoms with Gasteiger partial charge in [0.15, 0.2) is 11.6 Å². The van der Waals surface area contributed by atoms with Crippen molar-refractivity contribution in [3.05, 3.63) is 45.5 Å². The molecule has 0 spiro atoms. The standard InChI is InChI=1S/C13H10Cl2N4OS/c14-7-1-2-10(9(15)5-7)20-6-11-17-12(19-16)8-3-4-21-13(8)18-11/h1-5H,6,16H2,(H,17,18,19). The Balaban J connectivity index is 1.84. The highest BCUT2D eigenvalue weighted by atomic mass is 35.5. The SMILES string of the molecule is NNc1nc(COc2ccc(Cl)cc2Cl)nc2sccc12. The second-order valence-electron chi connectivity index (χ2n) is 4.14. The number of nitrogen functional groups attached to an aromatic ring is 1. The lowest BCUT2D eigenvalue weighted by Gasteiger charge is -2.09. The zero-order valence-corrected chi connectivity index (χ0v) is 13.0. The van der Waals surface area contributed by atoms with Crippen LogP contribution in [0.5, 0.6) is 5.75 Å². The predicted octanol–water partition coefficient (Wildman–Crippen LogP) is 3.86. The third-order valence-electron chi connectivity index (χ3n) is 2.76. The molecular weight excluding hydrogens is 331 g/mol. The highest BCUT2D eigenvalue weighted by Gasteiger charge is 2.09. The average molecular weight is 341 g/mol. The lowest BCUT2D eigenvalue weighted by molar-refractivity contribution is 0.297. The maximum Gasteiger partial charge on any atom is 0.169 e. The van der Waals surface area contributed by atoms with Crippen LogP contribution in [-0.4, -0.2) is 9.97 Å². The summed E-state index contributed by atoms with van der Waals surface area (Å²) in [7, 11) is 0. The van der Waals surface area contributed by atoms with Crippen LogP contribution < -0.4 is 16.0 Å². The molecule has 8 heteroatoms. The zero-order chi connectivity index (χ0) is 14.8. The summed E-state index contributed by atoms with van der Waals surface area (Å²) in [5, 5.41) is 3.81. The molecule has 0 aliphatic rings. The van der Waals surface area contributed by atoms with Crippen LogP contribution in [0.25, 0.3) is 10.2 Å². The summed E-state index contributed by atoms with van der Waals surface area (Å²) in [5.74, 6) is 7.09. The molecule has 1 aromatic carbocycles. The van der Waals surface area contributed by atoms with Crippen LogP contribution in [0.2, 0.25) is 10.0 Å². The van der Waals surface area contributed by atoms with Crippen molar-refractivity contribution in [3.8, 4) is 5.75 Å². The number of aromatic nitrogens is 2. The van der Waals surface area contributed by atoms with Gasteiger partial charge in [-0.2, -0.15) is 0 Å². The summed E-state index contributed by atoms with van der Waals surface area (Å²) in [6, 6.07) is 6.94. The van der Waals surface area contributed by atoms with Gasteiger partial charge in [0.1, 0.15) is 17.2 Å². The molecule has 2 heterocycles. The van der Waals surface area contributed by atoms with Crippen molar-refractivity contribution >= 4 is 50.6 Å². The topological polar surface area (TPSA) is 73.1 Å². The van der Waals surface area contributed by atoms with E-state index in [2.05, 4.69) is 15.4 Å². The van der Waals surface area contributed by atoms with Crippen LogP contribution in [0.1, 0.15) is 5.82 Å². The van der Waals surface area contributed by atoms with E-state index in [1.54, 1.807) is 18.2 Å². The van der Waals surface area contributed by atoms with Gasteiger partial charge in [0, 0.05) is 5.02 Å². The first-order valence-corrected chi connectivity index (χ1v) is 7.59. The van der Waals surface area contributed by atoms with Crippen LogP contribution in [0, 0.1) is 0 Å². The number of nitrogens with one attached hydrogen (secondary N) is 1. The summed E-state index contributed by atoms with van der Waals surface area (Å²) in [6.07, 6.45) is 0. The molecule has 3 rings (SSSR count). The van der Waals surface area contributed by atoms with E-state index in [4.69, 9.17) is 33.8 Å². The second-order valence-corrected chi connectivity index (χ2v) is 5.87. The summed E-state index contributed by atoms with van der Waals surface area (Å²) >= 11 is 13.4. The number of nitrogens with two attached hydrogens (primary N) is 1. The summed E-state index contributed by atoms with van der Waals surface area (Å²) in [6.45, 7) is 0.184. The number of thiophene rings is 1. The monoisotopic (exact) mass is 340 g/mol. The second kappa shape index (κ2) is 6.03. The Morgan fingerprint density at radius 3 is 2.86 bits per heavy atom. The van der Waals surface area contributed by atoms with Crippen molar-refractivity contribution < 1.29 is 4.74 Å². The molecule has 2 aromatic heterocycles. The number of halogens is 2. The van der Waals surface area contributed by atoms with Crippen LogP contribution in [0.3, 0.4) is 0 Å². The molecule has 3 N–H and O–H groups in total. The van der Waals surface area contributed by atoms with Gasteiger partial charge in [0.25, 0.3) is 0 Å². The summed E-state index contributed by atoms with van der Waals surface area (Å²) in [5.41, 5.74) is 2.57. The van der Waals surface area contributed by atoms with Crippen molar-refractivity contribution in [1.29, 1.82) is 0 Å². The minimum Gasteiger partial charge on any atom is -0.484 e. The number of anilines is 1. The quantitative estimate of drug-likeness (QED) is 0.557. The van der Waals surface area contributed by atoms with Crippen molar-refractivity contribution in [1.82, 2.24) is 9.97 Å². The van der Waals surface area contributed by atoms with Crippen LogP contribution in [0.15, 0.2) is 29.6 Å². The van der Waals surface area contributed by atoms with Gasteiger partial charge < -0.3 is 10.2 Å². The molecule has 0 atom stereocenters. The average Bonchev–Trinajstić information content (AvgIpc) is 2.93. The minimum atomic E-state index is 0.184. The number of hydrazine groups is 1. The summed E-state index contributed by atoms with van der Waals surface area (Å²) < 4.78 is 5.62. The predicted molar refractivity (Wildman–Crippen MR) is 86.0 cm³/mol. The van der Waals surface area contributed by atoms with E-state index in [-0.39, 0.29) is 6.61 Å². The number of ether oxygens (including phenoxy) is 1. The van der Waals surface area contributed by atoms with E-state index in [1.807, 2.05) is 11.4 Å². The Morgan fingerprint density at radius 1 is 1.24 bits per heavy atom. The lowest BCUT2D eigenvalue weighted by atomic mass is 10.3. The van der Waals surface area contributed by atoms with Gasteiger partial charge in [0.2, 0.25) is 0 Å². The Hall–Kier alpha value is -1.60. The fourth-order valence-corrected chi connectivity index (χ4v) is 3.05. The van der Waals surface area contributed by atoms with E-state index in [0.29, 0.717) is 27.4 Å². The Labute approximate surface area is 134 Å². The number of benzene rings is 1. The molecular formula is C13H10Cl2N4OS. The smallest absolute Gasteiger partial charge is 0.169 e. The van der Waals surface area contributed by atoms with Gasteiger partial charge in [-0.3, -0.25) is 0 Å². The lowest BCUT2D eigenvalue weighted by Crippen LogP contribution is -2.11. The molecule has 0 fully saturated rings. The molecule has 0 aliphatic heterocycles. The molecule has 5 nitrogen and oxygen atoms in total. The maximum absolute atomic E-state index is 6.05. The van der Waals surface area contributed by atoms with Gasteiger partial charge in [-0.1, -0.05) is 23.2 Å². The van der Waals surface area contributed by atoms with Gasteiger partial charge in [-0.25, -0.2) is 15.8 Å². The van der Waals surface area contributed by atoms with E-state index in [9.17, 15) is 0 Å². The molecule has 0 bridgehead atoms. The van der Waals surface area contributed by atoms with Crippen molar-refractivity contribution in [3.63, 3.8) is 0 Å². The molecule has 108 valence electrons. The first-order valence-electron chi connectivity index (χ1n) is 5.96. The minimum absolute atomic E-state index is 0.184. The molecule has 0 saturated carbocycles. The van der Waals surface area contributed by atoms with E-state index in [0.717, 1.165) is 10.2 Å². The first kappa shape index (κ1) is 14.3. The molecule has 0 unspecified atom stereocenters. The molecule has 0 amide bonds. The van der Waals surface area contributed by atoms with Gasteiger partial charge in [-0.15, -0.1) is 11.3 Å². The third-order valence-corrected chi connectivity index (χ3v) is 4.10. The Bertz CT molecular complexity index is 793. The largest absolute Gasteiger partial charge is 0.484 e. The third kappa shape index (κ3) is 3.03. The fourth-order valence-electron chi connectivity index (χ4n) is 1.81. The highest BCUT2D eigenvalue weighted by molar-refractivity contribution is 7.16. The van der Waals surface area contributed by atoms with Crippen molar-refractivity contribution in [2.24, 2.45) is 5.84 Å². The summed E-state index contributed by atoms with van der Waals surface area (Å²) in [4.78, 5) is 9.59. The Kier molecular flexibility index (Phi) is 4.12. The van der Waals surface area contributed by atoms with Crippen molar-refractivity contribution in [2.45, 2.75) is 6.61 Å². The van der Waals surface area contributed by atoms with Crippen LogP contribution in [0.4, 0.5) is 5.82 Å². The number of hydrogen-bond donors (Lipinski definition) is 2. The first-order chi connectivity index (χ1) is 10.2. The molecule has 0 aliphatic carbocycles. The number of fused-ring (bicyclic) bond motifs is 1. The van der Waals surface area contributed by atoms with E-state index < -0.39 is 0 Å². The van der Waals surface area contributed by atoms with Gasteiger partial charge in [0.05, 0.1) is 10.4 Å². The number of hydrogen-bond acceptors (Lipinski definition) is 6.